The second kappa shape index (κ2) is 6.29. The number of ether oxygens (including phenoxy) is 1. The molecule has 23 heavy (non-hydrogen) atoms. The first-order valence-electron chi connectivity index (χ1n) is 8.90. The molecule has 3 aliphatic heterocycles. The second-order valence-electron chi connectivity index (χ2n) is 7.17. The molecule has 1 aromatic heterocycles. The van der Waals surface area contributed by atoms with Crippen molar-refractivity contribution in [3.05, 3.63) is 23.7 Å². The zero-order chi connectivity index (χ0) is 15.8. The van der Waals surface area contributed by atoms with Crippen LogP contribution in [-0.2, 0) is 16.1 Å². The number of piperidine rings is 1. The van der Waals surface area contributed by atoms with Crippen LogP contribution in [-0.4, -0.2) is 54.1 Å². The van der Waals surface area contributed by atoms with Gasteiger partial charge < -0.3 is 14.1 Å². The van der Waals surface area contributed by atoms with E-state index in [-0.39, 0.29) is 12.0 Å². The van der Waals surface area contributed by atoms with Gasteiger partial charge in [0.2, 0.25) is 5.91 Å². The Bertz CT molecular complexity index is 564. The highest BCUT2D eigenvalue weighted by molar-refractivity contribution is 5.79. The molecule has 0 unspecified atom stereocenters. The fourth-order valence-corrected chi connectivity index (χ4v) is 4.38. The van der Waals surface area contributed by atoms with Crippen molar-refractivity contribution in [1.82, 2.24) is 9.80 Å². The summed E-state index contributed by atoms with van der Waals surface area (Å²) in [6, 6.07) is 4.49. The Labute approximate surface area is 137 Å². The minimum absolute atomic E-state index is 0.0727. The van der Waals surface area contributed by atoms with Crippen LogP contribution in [0.2, 0.25) is 0 Å². The van der Waals surface area contributed by atoms with Crippen LogP contribution in [0.15, 0.2) is 16.5 Å². The van der Waals surface area contributed by atoms with E-state index in [9.17, 15) is 4.79 Å². The molecule has 0 bridgehead atoms. The van der Waals surface area contributed by atoms with Gasteiger partial charge in [-0.3, -0.25) is 9.69 Å². The number of hydrogen-bond donors (Lipinski definition) is 0. The largest absolute Gasteiger partial charge is 0.465 e. The van der Waals surface area contributed by atoms with Crippen molar-refractivity contribution in [2.45, 2.75) is 51.3 Å². The molecule has 0 radical (unpaired) electrons. The van der Waals surface area contributed by atoms with Gasteiger partial charge in [0.15, 0.2) is 0 Å². The summed E-state index contributed by atoms with van der Waals surface area (Å²) < 4.78 is 11.7. The van der Waals surface area contributed by atoms with E-state index in [0.29, 0.717) is 11.9 Å². The number of amides is 1. The molecule has 126 valence electrons. The third-order valence-corrected chi connectivity index (χ3v) is 5.54. The highest BCUT2D eigenvalue weighted by Gasteiger charge is 2.43. The minimum atomic E-state index is 0.0727. The van der Waals surface area contributed by atoms with E-state index in [1.165, 1.54) is 0 Å². The van der Waals surface area contributed by atoms with Gasteiger partial charge in [-0.15, -0.1) is 0 Å². The summed E-state index contributed by atoms with van der Waals surface area (Å²) >= 11 is 0. The zero-order valence-electron chi connectivity index (χ0n) is 13.9. The molecule has 5 nitrogen and oxygen atoms in total. The Morgan fingerprint density at radius 1 is 1.30 bits per heavy atom. The number of carbonyl (C=O) groups excluding carboxylic acids is 1. The van der Waals surface area contributed by atoms with Crippen molar-refractivity contribution in [2.24, 2.45) is 5.92 Å². The van der Waals surface area contributed by atoms with E-state index in [1.807, 2.05) is 19.1 Å². The topological polar surface area (TPSA) is 45.9 Å². The molecule has 4 rings (SSSR count). The number of likely N-dealkylation sites (tertiary alicyclic amines) is 2. The predicted molar refractivity (Wildman–Crippen MR) is 85.9 cm³/mol. The van der Waals surface area contributed by atoms with Crippen LogP contribution in [0.5, 0.6) is 0 Å². The van der Waals surface area contributed by atoms with Gasteiger partial charge in [-0.1, -0.05) is 0 Å². The lowest BCUT2D eigenvalue weighted by molar-refractivity contribution is -0.139. The minimum Gasteiger partial charge on any atom is -0.465 e. The maximum absolute atomic E-state index is 12.8. The number of nitrogens with zero attached hydrogens (tertiary/aromatic N) is 2. The van der Waals surface area contributed by atoms with E-state index in [0.717, 1.165) is 70.0 Å². The number of fused-ring (bicyclic) bond motifs is 1. The number of aryl methyl sites for hydroxylation is 1. The molecular formula is C18H26N2O3. The molecule has 1 amide bonds. The van der Waals surface area contributed by atoms with E-state index in [1.54, 1.807) is 0 Å². The first-order chi connectivity index (χ1) is 11.2. The lowest BCUT2D eigenvalue weighted by Gasteiger charge is -2.40. The first-order valence-corrected chi connectivity index (χ1v) is 8.90. The highest BCUT2D eigenvalue weighted by atomic mass is 16.5. The number of hydrogen-bond acceptors (Lipinski definition) is 4. The van der Waals surface area contributed by atoms with Gasteiger partial charge >= 0.3 is 0 Å². The normalized spacial score (nSPS) is 31.5. The summed E-state index contributed by atoms with van der Waals surface area (Å²) in [4.78, 5) is 17.3. The number of rotatable bonds is 3. The Morgan fingerprint density at radius 3 is 2.87 bits per heavy atom. The SMILES string of the molecule is Cc1ccc(CN2C[C@@H](C(=O)N3CCCC3)C[C@H]3OCC[C@H]32)o1. The van der Waals surface area contributed by atoms with Crippen LogP contribution < -0.4 is 0 Å². The molecule has 0 aromatic carbocycles. The maximum Gasteiger partial charge on any atom is 0.227 e. The average Bonchev–Trinajstić information content (AvgIpc) is 3.27. The molecule has 5 heteroatoms. The van der Waals surface area contributed by atoms with Crippen LogP contribution >= 0.6 is 0 Å². The van der Waals surface area contributed by atoms with Crippen molar-refractivity contribution in [3.8, 4) is 0 Å². The molecule has 0 spiro atoms. The molecular weight excluding hydrogens is 292 g/mol. The summed E-state index contributed by atoms with van der Waals surface area (Å²) in [5.41, 5.74) is 0. The molecule has 3 aliphatic rings. The van der Waals surface area contributed by atoms with Crippen LogP contribution in [0.3, 0.4) is 0 Å². The van der Waals surface area contributed by atoms with Crippen molar-refractivity contribution >= 4 is 5.91 Å². The quantitative estimate of drug-likeness (QED) is 0.857. The molecule has 3 fully saturated rings. The first kappa shape index (κ1) is 15.2. The predicted octanol–water partition coefficient (Wildman–Crippen LogP) is 2.19. The van der Waals surface area contributed by atoms with Gasteiger partial charge in [0, 0.05) is 32.3 Å². The van der Waals surface area contributed by atoms with Gasteiger partial charge in [0.25, 0.3) is 0 Å². The molecule has 0 N–H and O–H groups in total. The molecule has 3 saturated heterocycles. The lowest BCUT2D eigenvalue weighted by atomic mass is 9.89. The van der Waals surface area contributed by atoms with Crippen LogP contribution in [0, 0.1) is 12.8 Å². The standard InChI is InChI=1S/C18H26N2O3/c1-13-4-5-15(23-13)12-20-11-14(10-17-16(20)6-9-22-17)18(21)19-7-2-3-8-19/h4-5,14,16-17H,2-3,6-12H2,1H3/t14-,16+,17+/m0/s1. The summed E-state index contributed by atoms with van der Waals surface area (Å²) in [6.07, 6.45) is 4.45. The van der Waals surface area contributed by atoms with Gasteiger partial charge in [-0.2, -0.15) is 0 Å². The van der Waals surface area contributed by atoms with Gasteiger partial charge in [-0.05, 0) is 44.7 Å². The van der Waals surface area contributed by atoms with Gasteiger partial charge in [0.05, 0.1) is 18.6 Å². The van der Waals surface area contributed by atoms with Crippen LogP contribution in [0.1, 0.15) is 37.2 Å². The average molecular weight is 318 g/mol. The van der Waals surface area contributed by atoms with Crippen molar-refractivity contribution in [3.63, 3.8) is 0 Å². The van der Waals surface area contributed by atoms with Crippen LogP contribution in [0.25, 0.3) is 0 Å². The van der Waals surface area contributed by atoms with E-state index in [4.69, 9.17) is 9.15 Å². The summed E-state index contributed by atoms with van der Waals surface area (Å²) in [7, 11) is 0. The Balaban J connectivity index is 1.48. The Morgan fingerprint density at radius 2 is 2.13 bits per heavy atom. The summed E-state index contributed by atoms with van der Waals surface area (Å²) in [6.45, 7) is 6.26. The Hall–Kier alpha value is -1.33. The van der Waals surface area contributed by atoms with E-state index in [2.05, 4.69) is 9.80 Å². The maximum atomic E-state index is 12.8. The monoisotopic (exact) mass is 318 g/mol. The Kier molecular flexibility index (Phi) is 4.16. The van der Waals surface area contributed by atoms with Gasteiger partial charge in [-0.25, -0.2) is 0 Å². The zero-order valence-corrected chi connectivity index (χ0v) is 13.9. The molecule has 0 aliphatic carbocycles. The number of furan rings is 1. The van der Waals surface area contributed by atoms with Gasteiger partial charge in [0.1, 0.15) is 11.5 Å². The molecule has 0 saturated carbocycles. The molecule has 3 atom stereocenters. The van der Waals surface area contributed by atoms with Crippen LogP contribution in [0.4, 0.5) is 0 Å². The fraction of sp³-hybridized carbons (Fsp3) is 0.722. The van der Waals surface area contributed by atoms with E-state index < -0.39 is 0 Å². The summed E-state index contributed by atoms with van der Waals surface area (Å²) in [5, 5.41) is 0. The third kappa shape index (κ3) is 3.04. The lowest BCUT2D eigenvalue weighted by Crippen LogP contribution is -2.52. The molecule has 1 aromatic rings. The van der Waals surface area contributed by atoms with Crippen molar-refractivity contribution in [1.29, 1.82) is 0 Å². The third-order valence-electron chi connectivity index (χ3n) is 5.54. The number of carbonyl (C=O) groups is 1. The smallest absolute Gasteiger partial charge is 0.227 e. The van der Waals surface area contributed by atoms with E-state index >= 15 is 0 Å². The summed E-state index contributed by atoms with van der Waals surface area (Å²) in [5.74, 6) is 2.34. The van der Waals surface area contributed by atoms with Crippen molar-refractivity contribution < 1.29 is 13.9 Å². The second-order valence-corrected chi connectivity index (χ2v) is 7.17. The van der Waals surface area contributed by atoms with Crippen molar-refractivity contribution in [2.75, 3.05) is 26.2 Å². The molecule has 4 heterocycles. The fourth-order valence-electron chi connectivity index (χ4n) is 4.38. The highest BCUT2D eigenvalue weighted by Crippen LogP contribution is 2.33.